The maximum atomic E-state index is 11.9. The molecular formula is C47H45Cl2N5O8. The molecular weight excluding hydrogens is 833 g/mol. The van der Waals surface area contributed by atoms with Crippen LogP contribution in [0.1, 0.15) is 52.8 Å². The van der Waals surface area contributed by atoms with Crippen LogP contribution in [-0.4, -0.2) is 66.6 Å². The highest BCUT2D eigenvalue weighted by atomic mass is 35.5. The van der Waals surface area contributed by atoms with Gasteiger partial charge in [0, 0.05) is 59.8 Å². The summed E-state index contributed by atoms with van der Waals surface area (Å²) >= 11 is 13.4. The Balaban J connectivity index is 1.26. The van der Waals surface area contributed by atoms with Gasteiger partial charge in [-0.3, -0.25) is 30.2 Å². The van der Waals surface area contributed by atoms with Gasteiger partial charge in [0.1, 0.15) is 41.9 Å². The van der Waals surface area contributed by atoms with Crippen LogP contribution in [0.2, 0.25) is 10.0 Å². The van der Waals surface area contributed by atoms with Crippen molar-refractivity contribution >= 4 is 46.0 Å². The van der Waals surface area contributed by atoms with Crippen LogP contribution in [-0.2, 0) is 35.9 Å². The number of nitrogens with one attached hydrogen (secondary N) is 2. The van der Waals surface area contributed by atoms with Gasteiger partial charge in [0.25, 0.3) is 0 Å². The number of carboxylic acid groups (broad SMARTS) is 2. The Bertz CT molecular complexity index is 2710. The van der Waals surface area contributed by atoms with E-state index in [1.165, 1.54) is 20.0 Å². The molecule has 0 bridgehead atoms. The third-order valence-corrected chi connectivity index (χ3v) is 11.5. The third-order valence-electron chi connectivity index (χ3n) is 10.9. The van der Waals surface area contributed by atoms with Crippen molar-refractivity contribution in [2.75, 3.05) is 13.2 Å². The summed E-state index contributed by atoms with van der Waals surface area (Å²) in [6.45, 7) is 6.00. The highest BCUT2D eigenvalue weighted by Gasteiger charge is 2.33. The summed E-state index contributed by atoms with van der Waals surface area (Å²) < 4.78 is 12.5. The van der Waals surface area contributed by atoms with Crippen molar-refractivity contribution in [3.05, 3.63) is 140 Å². The summed E-state index contributed by atoms with van der Waals surface area (Å²) in [5.74, 6) is -1.71. The minimum atomic E-state index is -1.62. The summed E-state index contributed by atoms with van der Waals surface area (Å²) in [5, 5.41) is 55.3. The number of carboxylic acids is 2. The number of carbonyl (C=O) groups is 2. The fourth-order valence-corrected chi connectivity index (χ4v) is 7.31. The van der Waals surface area contributed by atoms with Gasteiger partial charge in [-0.1, -0.05) is 59.6 Å². The zero-order chi connectivity index (χ0) is 44.8. The average molecular weight is 879 g/mol. The van der Waals surface area contributed by atoms with Crippen molar-refractivity contribution in [1.82, 2.24) is 20.6 Å². The largest absolute Gasteiger partial charge is 0.488 e. The highest BCUT2D eigenvalue weighted by Crippen LogP contribution is 2.38. The number of pyridine rings is 2. The number of rotatable bonds is 18. The van der Waals surface area contributed by atoms with Crippen LogP contribution in [0.3, 0.4) is 0 Å². The highest BCUT2D eigenvalue weighted by molar-refractivity contribution is 6.35. The van der Waals surface area contributed by atoms with Gasteiger partial charge in [-0.05, 0) is 97.0 Å². The number of aliphatic hydroxyl groups excluding tert-OH is 2. The van der Waals surface area contributed by atoms with E-state index < -0.39 is 36.2 Å². The van der Waals surface area contributed by atoms with Crippen LogP contribution in [0.4, 0.5) is 0 Å². The van der Waals surface area contributed by atoms with E-state index in [-0.39, 0.29) is 31.3 Å². The van der Waals surface area contributed by atoms with Crippen molar-refractivity contribution in [3.8, 4) is 39.8 Å². The lowest BCUT2D eigenvalue weighted by molar-refractivity contribution is -0.146. The molecule has 320 valence electrons. The van der Waals surface area contributed by atoms with E-state index in [1.807, 2.05) is 49.4 Å². The molecule has 0 spiro atoms. The van der Waals surface area contributed by atoms with Crippen molar-refractivity contribution in [1.29, 1.82) is 5.26 Å². The topological polar surface area (TPSA) is 207 Å². The number of halogens is 2. The Morgan fingerprint density at radius 3 is 2.05 bits per heavy atom. The van der Waals surface area contributed by atoms with E-state index in [9.17, 15) is 35.3 Å². The first-order valence-electron chi connectivity index (χ1n) is 19.5. The number of nitrogens with zero attached hydrogens (tertiary/aromatic N) is 3. The molecule has 0 aliphatic rings. The number of hydrogen-bond acceptors (Lipinski definition) is 11. The van der Waals surface area contributed by atoms with Gasteiger partial charge >= 0.3 is 11.9 Å². The molecule has 0 aliphatic heterocycles. The minimum absolute atomic E-state index is 0.00414. The first-order valence-corrected chi connectivity index (χ1v) is 20.2. The second-order valence-corrected chi connectivity index (χ2v) is 16.2. The number of benzene rings is 4. The van der Waals surface area contributed by atoms with Crippen LogP contribution in [0.25, 0.3) is 33.2 Å². The third kappa shape index (κ3) is 9.98. The van der Waals surface area contributed by atoms with Gasteiger partial charge < -0.3 is 29.9 Å². The number of aliphatic hydroxyl groups is 2. The molecule has 0 saturated heterocycles. The van der Waals surface area contributed by atoms with E-state index in [1.54, 1.807) is 36.7 Å². The normalized spacial score (nSPS) is 13.2. The summed E-state index contributed by atoms with van der Waals surface area (Å²) in [5.41, 5.74) is 6.47. The monoisotopic (exact) mass is 877 g/mol. The lowest BCUT2D eigenvalue weighted by atomic mass is 9.89. The fourth-order valence-electron chi connectivity index (χ4n) is 6.77. The number of aromatic nitrogens is 2. The molecule has 2 atom stereocenters. The second-order valence-electron chi connectivity index (χ2n) is 15.4. The average Bonchev–Trinajstić information content (AvgIpc) is 3.26. The second kappa shape index (κ2) is 19.3. The molecule has 62 heavy (non-hydrogen) atoms. The van der Waals surface area contributed by atoms with E-state index in [0.717, 1.165) is 49.9 Å². The molecule has 1 unspecified atom stereocenters. The van der Waals surface area contributed by atoms with Gasteiger partial charge in [-0.15, -0.1) is 0 Å². The minimum Gasteiger partial charge on any atom is -0.488 e. The van der Waals surface area contributed by atoms with Gasteiger partial charge in [-0.2, -0.15) is 5.26 Å². The van der Waals surface area contributed by atoms with Gasteiger partial charge in [0.15, 0.2) is 0 Å². The lowest BCUT2D eigenvalue weighted by Gasteiger charge is -2.25. The molecule has 13 nitrogen and oxygen atoms in total. The molecule has 0 amide bonds. The van der Waals surface area contributed by atoms with Crippen molar-refractivity contribution < 1.29 is 39.5 Å². The van der Waals surface area contributed by atoms with Gasteiger partial charge in [0.2, 0.25) is 0 Å². The molecule has 0 saturated carbocycles. The molecule has 6 aromatic rings. The van der Waals surface area contributed by atoms with E-state index in [2.05, 4.69) is 39.7 Å². The predicted octanol–water partition coefficient (Wildman–Crippen LogP) is 7.77. The zero-order valence-corrected chi connectivity index (χ0v) is 35.9. The molecule has 4 aromatic carbocycles. The Hall–Kier alpha value is -6.11. The Morgan fingerprint density at radius 1 is 0.726 bits per heavy atom. The number of aliphatic carboxylic acids is 2. The fraction of sp³-hybridized carbons (Fsp3) is 0.255. The number of hydrogen-bond donors (Lipinski definition) is 6. The Morgan fingerprint density at radius 2 is 1.37 bits per heavy atom. The standard InChI is InChI=1S/C47H45Cl2N5O8/c1-27-32(24-62-42-16-41(61-23-31-11-30(17-50)18-51-19-31)35(15-39(42)48)22-54-47(4,26-56)45(59)60)7-5-9-37(27)38-10-6-8-36(28(38)2)34-14-33-12-29(13-40(49)43(33)52-21-34)20-53-46(3,25-55)44(57)58/h5-16,18-19,21,53-56H,20,22-26H2,1-4H3,(H,57,58)(H,59,60)/t46-,47?/m0/s1. The van der Waals surface area contributed by atoms with Crippen LogP contribution in [0, 0.1) is 25.2 Å². The lowest BCUT2D eigenvalue weighted by Crippen LogP contribution is -2.52. The van der Waals surface area contributed by atoms with Crippen LogP contribution in [0.5, 0.6) is 11.5 Å². The summed E-state index contributed by atoms with van der Waals surface area (Å²) in [4.78, 5) is 32.4. The summed E-state index contributed by atoms with van der Waals surface area (Å²) in [6, 6.07) is 24.7. The number of fused-ring (bicyclic) bond motifs is 1. The van der Waals surface area contributed by atoms with Crippen molar-refractivity contribution in [2.24, 2.45) is 0 Å². The van der Waals surface area contributed by atoms with E-state index in [0.29, 0.717) is 38.7 Å². The maximum Gasteiger partial charge on any atom is 0.326 e. The predicted molar refractivity (Wildman–Crippen MR) is 236 cm³/mol. The summed E-state index contributed by atoms with van der Waals surface area (Å²) in [7, 11) is 0. The Labute approximate surface area is 368 Å². The molecule has 0 aliphatic carbocycles. The molecule has 2 aromatic heterocycles. The quantitative estimate of drug-likeness (QED) is 0.0489. The van der Waals surface area contributed by atoms with Crippen LogP contribution >= 0.6 is 23.2 Å². The van der Waals surface area contributed by atoms with E-state index >= 15 is 0 Å². The molecule has 0 fully saturated rings. The number of nitriles is 1. The smallest absolute Gasteiger partial charge is 0.326 e. The molecule has 6 rings (SSSR count). The first-order chi connectivity index (χ1) is 29.6. The van der Waals surface area contributed by atoms with Crippen LogP contribution < -0.4 is 20.1 Å². The molecule has 15 heteroatoms. The molecule has 6 N–H and O–H groups in total. The zero-order valence-electron chi connectivity index (χ0n) is 34.4. The first kappa shape index (κ1) is 45.4. The van der Waals surface area contributed by atoms with Gasteiger partial charge in [-0.25, -0.2) is 0 Å². The SMILES string of the molecule is Cc1c(COc2cc(OCc3cncc(C#N)c3)c(CNC(C)(CO)C(=O)O)cc2Cl)cccc1-c1cccc(-c2cnc3c(Cl)cc(CN[C@@](C)(CO)C(=O)O)cc3c2)c1C. The molecule has 2 heterocycles. The summed E-state index contributed by atoms with van der Waals surface area (Å²) in [6.07, 6.45) is 4.81. The maximum absolute atomic E-state index is 11.9. The Kier molecular flexibility index (Phi) is 14.1. The molecule has 0 radical (unpaired) electrons. The van der Waals surface area contributed by atoms with Gasteiger partial charge in [0.05, 0.1) is 34.3 Å². The van der Waals surface area contributed by atoms with E-state index in [4.69, 9.17) is 32.7 Å². The van der Waals surface area contributed by atoms with Crippen LogP contribution in [0.15, 0.2) is 91.4 Å². The number of ether oxygens (including phenoxy) is 2. The van der Waals surface area contributed by atoms with Crippen molar-refractivity contribution in [3.63, 3.8) is 0 Å². The van der Waals surface area contributed by atoms with Crippen molar-refractivity contribution in [2.45, 2.75) is 65.1 Å².